The highest BCUT2D eigenvalue weighted by Gasteiger charge is 2.33. The van der Waals surface area contributed by atoms with Gasteiger partial charge in [0.05, 0.1) is 12.3 Å². The minimum absolute atomic E-state index is 0.509. The number of hydrogen-bond donors (Lipinski definition) is 2. The second kappa shape index (κ2) is 5.98. The summed E-state index contributed by atoms with van der Waals surface area (Å²) in [4.78, 5) is 0. The highest BCUT2D eigenvalue weighted by atomic mass is 15.7. The van der Waals surface area contributed by atoms with Crippen molar-refractivity contribution in [2.75, 3.05) is 6.54 Å². The quantitative estimate of drug-likeness (QED) is 0.720. The molecule has 0 aromatic rings. The van der Waals surface area contributed by atoms with Gasteiger partial charge in [-0.25, -0.2) is 10.4 Å². The average molecular weight is 237 g/mol. The van der Waals surface area contributed by atoms with Crippen molar-refractivity contribution in [3.63, 3.8) is 0 Å². The molecule has 3 nitrogen and oxygen atoms in total. The van der Waals surface area contributed by atoms with Gasteiger partial charge in [0.1, 0.15) is 0 Å². The Morgan fingerprint density at radius 3 is 2.82 bits per heavy atom. The fraction of sp³-hybridized carbons (Fsp3) is 0.857. The molecule has 98 valence electrons. The maximum Gasteiger partial charge on any atom is 0.0746 e. The number of nitrogens with one attached hydrogen (secondary N) is 2. The Morgan fingerprint density at radius 1 is 1.29 bits per heavy atom. The molecule has 2 N–H and O–H groups in total. The minimum Gasteiger partial charge on any atom is -0.284 e. The minimum atomic E-state index is 0.509. The van der Waals surface area contributed by atoms with E-state index in [2.05, 4.69) is 36.5 Å². The van der Waals surface area contributed by atoms with Crippen LogP contribution in [0.15, 0.2) is 11.1 Å². The van der Waals surface area contributed by atoms with Crippen molar-refractivity contribution in [3.8, 4) is 0 Å². The van der Waals surface area contributed by atoms with Gasteiger partial charge in [-0.2, -0.15) is 0 Å². The van der Waals surface area contributed by atoms with E-state index in [9.17, 15) is 0 Å². The van der Waals surface area contributed by atoms with Crippen LogP contribution in [0.3, 0.4) is 0 Å². The molecular formula is C14H27N3. The van der Waals surface area contributed by atoms with Crippen LogP contribution in [0.5, 0.6) is 0 Å². The molecule has 17 heavy (non-hydrogen) atoms. The Hall–Kier alpha value is -0.380. The Labute approximate surface area is 106 Å². The smallest absolute Gasteiger partial charge is 0.0746 e. The molecule has 0 bridgehead atoms. The first-order valence-electron chi connectivity index (χ1n) is 7.14. The van der Waals surface area contributed by atoms with Crippen LogP contribution < -0.4 is 10.7 Å². The molecule has 0 aromatic heterocycles. The van der Waals surface area contributed by atoms with Gasteiger partial charge in [0.25, 0.3) is 0 Å². The summed E-state index contributed by atoms with van der Waals surface area (Å²) >= 11 is 0. The van der Waals surface area contributed by atoms with Crippen LogP contribution in [-0.2, 0) is 0 Å². The van der Waals surface area contributed by atoms with E-state index in [1.165, 1.54) is 45.1 Å². The first-order chi connectivity index (χ1) is 8.20. The Balaban J connectivity index is 1.67. The van der Waals surface area contributed by atoms with E-state index in [-0.39, 0.29) is 0 Å². The number of rotatable bonds is 5. The molecule has 0 saturated carbocycles. The maximum atomic E-state index is 3.67. The number of nitrogens with zero attached hydrogens (tertiary/aromatic N) is 1. The highest BCUT2D eigenvalue weighted by Crippen LogP contribution is 2.20. The summed E-state index contributed by atoms with van der Waals surface area (Å²) in [5, 5.41) is 6.05. The second-order valence-electron chi connectivity index (χ2n) is 5.51. The van der Waals surface area contributed by atoms with E-state index in [0.717, 1.165) is 0 Å². The second-order valence-corrected chi connectivity index (χ2v) is 5.51. The summed E-state index contributed by atoms with van der Waals surface area (Å²) in [5.41, 5.74) is 6.73. The molecule has 2 rings (SSSR count). The lowest BCUT2D eigenvalue weighted by Gasteiger charge is -2.14. The van der Waals surface area contributed by atoms with E-state index in [4.69, 9.17) is 0 Å². The summed E-state index contributed by atoms with van der Waals surface area (Å²) in [6.07, 6.45) is 8.72. The summed E-state index contributed by atoms with van der Waals surface area (Å²) < 4.78 is 0. The number of allylic oxidation sites excluding steroid dienone is 2. The zero-order chi connectivity index (χ0) is 12.3. The standard InChI is InChI=1S/C14H27N3/c1-4-11(2)12(3)7-5-8-13-15-14-9-6-10-17(14)16-13/h13-16H,4-10H2,1-3H3/b12-11+. The van der Waals surface area contributed by atoms with Gasteiger partial charge in [-0.15, -0.1) is 0 Å². The van der Waals surface area contributed by atoms with Crippen molar-refractivity contribution < 1.29 is 0 Å². The molecule has 2 atom stereocenters. The van der Waals surface area contributed by atoms with Crippen LogP contribution in [0.4, 0.5) is 0 Å². The average Bonchev–Trinajstić information content (AvgIpc) is 2.88. The van der Waals surface area contributed by atoms with E-state index in [0.29, 0.717) is 12.3 Å². The lowest BCUT2D eigenvalue weighted by Crippen LogP contribution is -2.36. The van der Waals surface area contributed by atoms with E-state index >= 15 is 0 Å². The number of hydrogen-bond acceptors (Lipinski definition) is 3. The molecule has 2 heterocycles. The van der Waals surface area contributed by atoms with E-state index in [1.54, 1.807) is 11.1 Å². The molecular weight excluding hydrogens is 210 g/mol. The number of fused-ring (bicyclic) bond motifs is 1. The fourth-order valence-corrected chi connectivity index (χ4v) is 2.80. The third kappa shape index (κ3) is 3.30. The first-order valence-corrected chi connectivity index (χ1v) is 7.14. The van der Waals surface area contributed by atoms with Gasteiger partial charge in [0, 0.05) is 6.54 Å². The Morgan fingerprint density at radius 2 is 2.12 bits per heavy atom. The third-order valence-electron chi connectivity index (χ3n) is 4.27. The van der Waals surface area contributed by atoms with Crippen molar-refractivity contribution >= 4 is 0 Å². The lowest BCUT2D eigenvalue weighted by atomic mass is 10.0. The third-order valence-corrected chi connectivity index (χ3v) is 4.27. The van der Waals surface area contributed by atoms with Crippen LogP contribution in [0, 0.1) is 0 Å². The molecule has 0 radical (unpaired) electrons. The largest absolute Gasteiger partial charge is 0.284 e. The van der Waals surface area contributed by atoms with Crippen molar-refractivity contribution in [1.82, 2.24) is 15.8 Å². The van der Waals surface area contributed by atoms with E-state index < -0.39 is 0 Å². The summed E-state index contributed by atoms with van der Waals surface area (Å²) in [6, 6.07) is 0. The zero-order valence-corrected chi connectivity index (χ0v) is 11.6. The molecule has 2 aliphatic heterocycles. The van der Waals surface area contributed by atoms with Crippen LogP contribution in [-0.4, -0.2) is 23.9 Å². The van der Waals surface area contributed by atoms with Gasteiger partial charge >= 0.3 is 0 Å². The normalized spacial score (nSPS) is 30.5. The van der Waals surface area contributed by atoms with Gasteiger partial charge in [0.15, 0.2) is 0 Å². The van der Waals surface area contributed by atoms with Gasteiger partial charge in [0.2, 0.25) is 0 Å². The Kier molecular flexibility index (Phi) is 4.60. The van der Waals surface area contributed by atoms with Crippen LogP contribution in [0.1, 0.15) is 59.3 Å². The molecule has 2 saturated heterocycles. The molecule has 2 fully saturated rings. The highest BCUT2D eigenvalue weighted by molar-refractivity contribution is 5.08. The summed E-state index contributed by atoms with van der Waals surface area (Å²) in [5.74, 6) is 0. The summed E-state index contributed by atoms with van der Waals surface area (Å²) in [7, 11) is 0. The predicted molar refractivity (Wildman–Crippen MR) is 72.3 cm³/mol. The topological polar surface area (TPSA) is 27.3 Å². The molecule has 2 unspecified atom stereocenters. The SMILES string of the molecule is CC/C(C)=C(\C)CCCC1NC2CCCN2N1. The van der Waals surface area contributed by atoms with E-state index in [1.807, 2.05) is 0 Å². The predicted octanol–water partition coefficient (Wildman–Crippen LogP) is 2.76. The van der Waals surface area contributed by atoms with Gasteiger partial charge in [-0.1, -0.05) is 18.1 Å². The molecule has 0 aliphatic carbocycles. The van der Waals surface area contributed by atoms with Crippen LogP contribution in [0.2, 0.25) is 0 Å². The zero-order valence-electron chi connectivity index (χ0n) is 11.6. The molecule has 2 aliphatic rings. The van der Waals surface area contributed by atoms with Crippen LogP contribution >= 0.6 is 0 Å². The molecule has 0 amide bonds. The monoisotopic (exact) mass is 237 g/mol. The van der Waals surface area contributed by atoms with Crippen molar-refractivity contribution in [2.24, 2.45) is 0 Å². The summed E-state index contributed by atoms with van der Waals surface area (Å²) in [6.45, 7) is 8.00. The van der Waals surface area contributed by atoms with Crippen molar-refractivity contribution in [3.05, 3.63) is 11.1 Å². The van der Waals surface area contributed by atoms with Gasteiger partial charge < -0.3 is 0 Å². The molecule has 0 aromatic carbocycles. The fourth-order valence-electron chi connectivity index (χ4n) is 2.80. The van der Waals surface area contributed by atoms with Crippen molar-refractivity contribution in [1.29, 1.82) is 0 Å². The molecule has 0 spiro atoms. The van der Waals surface area contributed by atoms with Gasteiger partial charge in [-0.05, 0) is 52.4 Å². The van der Waals surface area contributed by atoms with Crippen LogP contribution in [0.25, 0.3) is 0 Å². The van der Waals surface area contributed by atoms with Crippen molar-refractivity contribution in [2.45, 2.75) is 71.6 Å². The maximum absolute atomic E-state index is 3.67. The first kappa shape index (κ1) is 13.1. The molecule has 3 heteroatoms. The lowest BCUT2D eigenvalue weighted by molar-refractivity contribution is 0.225. The number of hydrazine groups is 1. The van der Waals surface area contributed by atoms with Gasteiger partial charge in [-0.3, -0.25) is 5.32 Å². The Bertz CT molecular complexity index is 273.